The summed E-state index contributed by atoms with van der Waals surface area (Å²) in [7, 11) is 1.63. The van der Waals surface area contributed by atoms with Gasteiger partial charge in [-0.3, -0.25) is 4.79 Å². The van der Waals surface area contributed by atoms with Gasteiger partial charge in [0.15, 0.2) is 0 Å². The zero-order chi connectivity index (χ0) is 12.8. The van der Waals surface area contributed by atoms with Gasteiger partial charge in [0, 0.05) is 12.1 Å². The Morgan fingerprint density at radius 1 is 1.39 bits per heavy atom. The van der Waals surface area contributed by atoms with E-state index in [-0.39, 0.29) is 17.4 Å². The SMILES string of the molecule is COc1ccc2c(c1)NC(=O)C1(C)CCCC1N2. The predicted molar refractivity (Wildman–Crippen MR) is 71.0 cm³/mol. The first kappa shape index (κ1) is 11.4. The van der Waals surface area contributed by atoms with Gasteiger partial charge in [0.1, 0.15) is 5.75 Å². The van der Waals surface area contributed by atoms with E-state index in [0.29, 0.717) is 0 Å². The van der Waals surface area contributed by atoms with Gasteiger partial charge in [-0.1, -0.05) is 6.42 Å². The van der Waals surface area contributed by atoms with E-state index in [4.69, 9.17) is 4.74 Å². The predicted octanol–water partition coefficient (Wildman–Crippen LogP) is 2.62. The highest BCUT2D eigenvalue weighted by Crippen LogP contribution is 2.44. The molecule has 1 amide bonds. The number of rotatable bonds is 1. The van der Waals surface area contributed by atoms with E-state index in [1.165, 1.54) is 0 Å². The number of fused-ring (bicyclic) bond motifs is 2. The fourth-order valence-corrected chi connectivity index (χ4v) is 3.00. The van der Waals surface area contributed by atoms with Crippen LogP contribution in [0.1, 0.15) is 26.2 Å². The highest BCUT2D eigenvalue weighted by Gasteiger charge is 2.46. The van der Waals surface area contributed by atoms with E-state index in [0.717, 1.165) is 36.4 Å². The summed E-state index contributed by atoms with van der Waals surface area (Å²) in [6, 6.07) is 5.98. The zero-order valence-electron chi connectivity index (χ0n) is 10.7. The molecular formula is C14H18N2O2. The molecule has 3 rings (SSSR count). The number of amides is 1. The lowest BCUT2D eigenvalue weighted by Crippen LogP contribution is -2.41. The van der Waals surface area contributed by atoms with Gasteiger partial charge in [-0.05, 0) is 31.9 Å². The molecule has 0 saturated heterocycles. The molecule has 2 unspecified atom stereocenters. The lowest BCUT2D eigenvalue weighted by atomic mass is 9.84. The molecule has 1 aliphatic heterocycles. The number of methoxy groups -OCH3 is 1. The van der Waals surface area contributed by atoms with Crippen molar-refractivity contribution in [3.05, 3.63) is 18.2 Å². The summed E-state index contributed by atoms with van der Waals surface area (Å²) >= 11 is 0. The van der Waals surface area contributed by atoms with Crippen molar-refractivity contribution in [2.45, 2.75) is 32.2 Å². The molecule has 0 spiro atoms. The van der Waals surface area contributed by atoms with E-state index in [2.05, 4.69) is 17.6 Å². The number of anilines is 2. The van der Waals surface area contributed by atoms with Crippen molar-refractivity contribution < 1.29 is 9.53 Å². The number of ether oxygens (including phenoxy) is 1. The molecule has 1 aromatic rings. The largest absolute Gasteiger partial charge is 0.497 e. The van der Waals surface area contributed by atoms with Crippen LogP contribution in [0.5, 0.6) is 5.75 Å². The van der Waals surface area contributed by atoms with E-state index in [1.54, 1.807) is 7.11 Å². The number of hydrogen-bond acceptors (Lipinski definition) is 3. The summed E-state index contributed by atoms with van der Waals surface area (Å²) in [5, 5.41) is 6.53. The number of carbonyl (C=O) groups excluding carboxylic acids is 1. The number of hydrogen-bond donors (Lipinski definition) is 2. The monoisotopic (exact) mass is 246 g/mol. The van der Waals surface area contributed by atoms with Crippen LogP contribution in [0.3, 0.4) is 0 Å². The summed E-state index contributed by atoms with van der Waals surface area (Å²) in [5.74, 6) is 0.873. The van der Waals surface area contributed by atoms with Crippen molar-refractivity contribution in [2.75, 3.05) is 17.7 Å². The molecule has 1 saturated carbocycles. The Labute approximate surface area is 107 Å². The fourth-order valence-electron chi connectivity index (χ4n) is 3.00. The second-order valence-corrected chi connectivity index (χ2v) is 5.37. The minimum absolute atomic E-state index is 0.115. The summed E-state index contributed by atoms with van der Waals surface area (Å²) in [4.78, 5) is 12.4. The normalized spacial score (nSPS) is 29.7. The van der Waals surface area contributed by atoms with Gasteiger partial charge in [-0.25, -0.2) is 0 Å². The van der Waals surface area contributed by atoms with Crippen LogP contribution in [-0.2, 0) is 4.79 Å². The van der Waals surface area contributed by atoms with Gasteiger partial charge in [0.25, 0.3) is 0 Å². The fraction of sp³-hybridized carbons (Fsp3) is 0.500. The molecule has 0 radical (unpaired) electrons. The van der Waals surface area contributed by atoms with Crippen molar-refractivity contribution in [3.63, 3.8) is 0 Å². The molecule has 4 nitrogen and oxygen atoms in total. The van der Waals surface area contributed by atoms with Gasteiger partial charge in [-0.2, -0.15) is 0 Å². The summed E-state index contributed by atoms with van der Waals surface area (Å²) in [6.45, 7) is 2.05. The minimum atomic E-state index is -0.299. The van der Waals surface area contributed by atoms with Crippen molar-refractivity contribution >= 4 is 17.3 Å². The quantitative estimate of drug-likeness (QED) is 0.801. The van der Waals surface area contributed by atoms with Crippen LogP contribution in [-0.4, -0.2) is 19.1 Å². The average molecular weight is 246 g/mol. The van der Waals surface area contributed by atoms with Crippen LogP contribution >= 0.6 is 0 Å². The third-order valence-corrected chi connectivity index (χ3v) is 4.28. The first-order valence-corrected chi connectivity index (χ1v) is 6.39. The molecule has 1 aromatic carbocycles. The number of carbonyl (C=O) groups is 1. The molecule has 1 heterocycles. The van der Waals surface area contributed by atoms with Gasteiger partial charge < -0.3 is 15.4 Å². The molecule has 2 N–H and O–H groups in total. The highest BCUT2D eigenvalue weighted by molar-refractivity contribution is 6.00. The summed E-state index contributed by atoms with van der Waals surface area (Å²) < 4.78 is 5.20. The Kier molecular flexibility index (Phi) is 2.47. The maximum absolute atomic E-state index is 12.4. The Balaban J connectivity index is 2.02. The first-order chi connectivity index (χ1) is 8.63. The second kappa shape index (κ2) is 3.90. The van der Waals surface area contributed by atoms with E-state index < -0.39 is 0 Å². The molecule has 0 aromatic heterocycles. The molecular weight excluding hydrogens is 228 g/mol. The maximum atomic E-state index is 12.4. The van der Waals surface area contributed by atoms with Crippen LogP contribution in [0.4, 0.5) is 11.4 Å². The van der Waals surface area contributed by atoms with E-state index >= 15 is 0 Å². The van der Waals surface area contributed by atoms with Gasteiger partial charge in [0.05, 0.1) is 23.9 Å². The Bertz CT molecular complexity index is 501. The van der Waals surface area contributed by atoms with Gasteiger partial charge in [-0.15, -0.1) is 0 Å². The summed E-state index contributed by atoms with van der Waals surface area (Å²) in [5.41, 5.74) is 1.50. The third-order valence-electron chi connectivity index (χ3n) is 4.28. The number of benzene rings is 1. The van der Waals surface area contributed by atoms with Gasteiger partial charge >= 0.3 is 0 Å². The maximum Gasteiger partial charge on any atom is 0.232 e. The molecule has 18 heavy (non-hydrogen) atoms. The topological polar surface area (TPSA) is 50.4 Å². The molecule has 0 bridgehead atoms. The Morgan fingerprint density at radius 2 is 2.22 bits per heavy atom. The van der Waals surface area contributed by atoms with Crippen molar-refractivity contribution in [3.8, 4) is 5.75 Å². The molecule has 2 aliphatic rings. The van der Waals surface area contributed by atoms with E-state index in [9.17, 15) is 4.79 Å². The van der Waals surface area contributed by atoms with Crippen molar-refractivity contribution in [1.29, 1.82) is 0 Å². The van der Waals surface area contributed by atoms with Crippen LogP contribution in [0, 0.1) is 5.41 Å². The van der Waals surface area contributed by atoms with E-state index in [1.807, 2.05) is 18.2 Å². The standard InChI is InChI=1S/C14H18N2O2/c1-14-7-3-4-12(14)15-10-6-5-9(18-2)8-11(10)16-13(14)17/h5-6,8,12,15H,3-4,7H2,1-2H3,(H,16,17). The summed E-state index contributed by atoms with van der Waals surface area (Å²) in [6.07, 6.45) is 3.10. The Hall–Kier alpha value is -1.71. The molecule has 1 fully saturated rings. The second-order valence-electron chi connectivity index (χ2n) is 5.37. The molecule has 4 heteroatoms. The van der Waals surface area contributed by atoms with Crippen molar-refractivity contribution in [1.82, 2.24) is 0 Å². The average Bonchev–Trinajstić information content (AvgIpc) is 2.70. The van der Waals surface area contributed by atoms with Gasteiger partial charge in [0.2, 0.25) is 5.91 Å². The smallest absolute Gasteiger partial charge is 0.232 e. The zero-order valence-corrected chi connectivity index (χ0v) is 10.7. The lowest BCUT2D eigenvalue weighted by Gasteiger charge is -2.27. The van der Waals surface area contributed by atoms with Crippen LogP contribution < -0.4 is 15.4 Å². The molecule has 96 valence electrons. The lowest BCUT2D eigenvalue weighted by molar-refractivity contribution is -0.124. The van der Waals surface area contributed by atoms with Crippen LogP contribution in [0.15, 0.2) is 18.2 Å². The van der Waals surface area contributed by atoms with Crippen LogP contribution in [0.25, 0.3) is 0 Å². The molecule has 2 atom stereocenters. The molecule has 1 aliphatic carbocycles. The highest BCUT2D eigenvalue weighted by atomic mass is 16.5. The number of nitrogens with one attached hydrogen (secondary N) is 2. The third kappa shape index (κ3) is 1.55. The first-order valence-electron chi connectivity index (χ1n) is 6.39. The Morgan fingerprint density at radius 3 is 3.00 bits per heavy atom. The van der Waals surface area contributed by atoms with Crippen molar-refractivity contribution in [2.24, 2.45) is 5.41 Å². The van der Waals surface area contributed by atoms with Crippen LogP contribution in [0.2, 0.25) is 0 Å². The minimum Gasteiger partial charge on any atom is -0.497 e.